The number of carbonyl (C=O) groups excluding carboxylic acids is 1. The van der Waals surface area contributed by atoms with Crippen LogP contribution in [0.2, 0.25) is 0 Å². The smallest absolute Gasteiger partial charge is 0.256 e. The molecule has 3 rings (SSSR count). The van der Waals surface area contributed by atoms with Crippen LogP contribution in [0.25, 0.3) is 10.9 Å². The number of nitrogens with zero attached hydrogens (tertiary/aromatic N) is 2. The van der Waals surface area contributed by atoms with Crippen molar-refractivity contribution in [3.63, 3.8) is 0 Å². The van der Waals surface area contributed by atoms with E-state index < -0.39 is 11.9 Å². The molecule has 0 radical (unpaired) electrons. The van der Waals surface area contributed by atoms with Crippen LogP contribution in [0.1, 0.15) is 30.1 Å². The number of hydrogen-bond donors (Lipinski definition) is 1. The van der Waals surface area contributed by atoms with Crippen molar-refractivity contribution < 1.29 is 14.3 Å². The lowest BCUT2D eigenvalue weighted by molar-refractivity contribution is 0.0467. The Morgan fingerprint density at radius 3 is 3.09 bits per heavy atom. The van der Waals surface area contributed by atoms with E-state index in [0.29, 0.717) is 29.6 Å². The standard InChI is InChI=1S/C17H19FN2O2/c1-11(21)13-5-3-7-20(10-13)17(22)15-9-14(18)8-12-4-2-6-19-16(12)15/h2,4,6,8-9,11,13,21H,3,5,7,10H2,1H3. The molecule has 5 heteroatoms. The molecule has 2 atom stereocenters. The van der Waals surface area contributed by atoms with Crippen molar-refractivity contribution >= 4 is 16.8 Å². The highest BCUT2D eigenvalue weighted by atomic mass is 19.1. The number of piperidine rings is 1. The van der Waals surface area contributed by atoms with Gasteiger partial charge in [-0.1, -0.05) is 6.07 Å². The Balaban J connectivity index is 1.95. The Morgan fingerprint density at radius 1 is 1.50 bits per heavy atom. The maximum Gasteiger partial charge on any atom is 0.256 e. The molecule has 0 spiro atoms. The summed E-state index contributed by atoms with van der Waals surface area (Å²) in [5.41, 5.74) is 0.815. The Labute approximate surface area is 128 Å². The summed E-state index contributed by atoms with van der Waals surface area (Å²) >= 11 is 0. The molecule has 1 aromatic heterocycles. The van der Waals surface area contributed by atoms with E-state index >= 15 is 0 Å². The first-order chi connectivity index (χ1) is 10.6. The van der Waals surface area contributed by atoms with Crippen LogP contribution in [0.5, 0.6) is 0 Å². The van der Waals surface area contributed by atoms with E-state index in [9.17, 15) is 14.3 Å². The van der Waals surface area contributed by atoms with Gasteiger partial charge in [0.1, 0.15) is 5.82 Å². The van der Waals surface area contributed by atoms with Crippen LogP contribution in [-0.4, -0.2) is 40.1 Å². The van der Waals surface area contributed by atoms with Gasteiger partial charge < -0.3 is 10.0 Å². The number of hydrogen-bond acceptors (Lipinski definition) is 3. The molecular formula is C17H19FN2O2. The predicted octanol–water partition coefficient (Wildman–Crippen LogP) is 2.61. The van der Waals surface area contributed by atoms with Crippen molar-refractivity contribution in [3.8, 4) is 0 Å². The number of amides is 1. The van der Waals surface area contributed by atoms with Gasteiger partial charge in [0.15, 0.2) is 0 Å². The maximum absolute atomic E-state index is 13.8. The molecule has 2 heterocycles. The second-order valence-electron chi connectivity index (χ2n) is 5.92. The lowest BCUT2D eigenvalue weighted by Gasteiger charge is -2.34. The zero-order valence-electron chi connectivity index (χ0n) is 12.5. The van der Waals surface area contributed by atoms with Crippen LogP contribution >= 0.6 is 0 Å². The number of aliphatic hydroxyl groups excluding tert-OH is 1. The van der Waals surface area contributed by atoms with Crippen LogP contribution in [-0.2, 0) is 0 Å². The van der Waals surface area contributed by atoms with E-state index in [4.69, 9.17) is 0 Å². The minimum atomic E-state index is -0.446. The van der Waals surface area contributed by atoms with Gasteiger partial charge in [-0.3, -0.25) is 9.78 Å². The Kier molecular flexibility index (Phi) is 4.07. The van der Waals surface area contributed by atoms with Gasteiger partial charge in [-0.05, 0) is 38.0 Å². The van der Waals surface area contributed by atoms with Gasteiger partial charge in [0.25, 0.3) is 5.91 Å². The first-order valence-electron chi connectivity index (χ1n) is 7.58. The molecule has 0 aliphatic carbocycles. The van der Waals surface area contributed by atoms with Crippen molar-refractivity contribution in [2.75, 3.05) is 13.1 Å². The number of benzene rings is 1. The molecule has 2 aromatic rings. The van der Waals surface area contributed by atoms with E-state index in [1.807, 2.05) is 0 Å². The summed E-state index contributed by atoms with van der Waals surface area (Å²) in [6, 6.07) is 6.11. The van der Waals surface area contributed by atoms with Crippen LogP contribution in [0.15, 0.2) is 30.5 Å². The fraction of sp³-hybridized carbons (Fsp3) is 0.412. The van der Waals surface area contributed by atoms with Gasteiger partial charge in [-0.25, -0.2) is 4.39 Å². The summed E-state index contributed by atoms with van der Waals surface area (Å²) < 4.78 is 13.8. The van der Waals surface area contributed by atoms with Crippen molar-refractivity contribution in [3.05, 3.63) is 41.8 Å². The topological polar surface area (TPSA) is 53.4 Å². The number of pyridine rings is 1. The number of likely N-dealkylation sites (tertiary alicyclic amines) is 1. The number of aliphatic hydroxyl groups is 1. The van der Waals surface area contributed by atoms with Gasteiger partial charge in [0, 0.05) is 30.6 Å². The Morgan fingerprint density at radius 2 is 2.32 bits per heavy atom. The van der Waals surface area contributed by atoms with Crippen molar-refractivity contribution in [2.45, 2.75) is 25.9 Å². The zero-order chi connectivity index (χ0) is 15.7. The van der Waals surface area contributed by atoms with E-state index in [1.54, 1.807) is 30.2 Å². The zero-order valence-corrected chi connectivity index (χ0v) is 12.5. The molecule has 4 nitrogen and oxygen atoms in total. The molecule has 1 aromatic carbocycles. The average molecular weight is 302 g/mol. The van der Waals surface area contributed by atoms with E-state index in [2.05, 4.69) is 4.98 Å². The third-order valence-electron chi connectivity index (χ3n) is 4.33. The second kappa shape index (κ2) is 6.01. The Bertz CT molecular complexity index is 702. The van der Waals surface area contributed by atoms with Crippen molar-refractivity contribution in [1.29, 1.82) is 0 Å². The third kappa shape index (κ3) is 2.81. The van der Waals surface area contributed by atoms with Gasteiger partial charge in [0.2, 0.25) is 0 Å². The summed E-state index contributed by atoms with van der Waals surface area (Å²) in [5, 5.41) is 10.4. The van der Waals surface area contributed by atoms with E-state index in [0.717, 1.165) is 12.8 Å². The molecule has 1 fully saturated rings. The van der Waals surface area contributed by atoms with Crippen LogP contribution < -0.4 is 0 Å². The first kappa shape index (κ1) is 14.9. The SMILES string of the molecule is CC(O)C1CCCN(C(=O)c2cc(F)cc3cccnc23)C1. The van der Waals surface area contributed by atoms with Gasteiger partial charge >= 0.3 is 0 Å². The highest BCUT2D eigenvalue weighted by Crippen LogP contribution is 2.24. The second-order valence-corrected chi connectivity index (χ2v) is 5.92. The fourth-order valence-electron chi connectivity index (χ4n) is 3.08. The molecule has 0 bridgehead atoms. The average Bonchev–Trinajstić information content (AvgIpc) is 2.53. The third-order valence-corrected chi connectivity index (χ3v) is 4.33. The molecule has 1 amide bonds. The normalized spacial score (nSPS) is 20.1. The quantitative estimate of drug-likeness (QED) is 0.928. The lowest BCUT2D eigenvalue weighted by Crippen LogP contribution is -2.43. The minimum absolute atomic E-state index is 0.0745. The molecule has 1 saturated heterocycles. The first-order valence-corrected chi connectivity index (χ1v) is 7.58. The van der Waals surface area contributed by atoms with Crippen LogP contribution in [0.3, 0.4) is 0 Å². The lowest BCUT2D eigenvalue weighted by atomic mass is 9.93. The molecule has 1 aliphatic rings. The summed E-state index contributed by atoms with van der Waals surface area (Å²) in [7, 11) is 0. The van der Waals surface area contributed by atoms with Crippen LogP contribution in [0, 0.1) is 11.7 Å². The van der Waals surface area contributed by atoms with Crippen molar-refractivity contribution in [2.24, 2.45) is 5.92 Å². The van der Waals surface area contributed by atoms with Crippen molar-refractivity contribution in [1.82, 2.24) is 9.88 Å². The summed E-state index contributed by atoms with van der Waals surface area (Å²) in [6.45, 7) is 2.88. The number of fused-ring (bicyclic) bond motifs is 1. The number of aromatic nitrogens is 1. The number of carbonyl (C=O) groups is 1. The fourth-order valence-corrected chi connectivity index (χ4v) is 3.08. The van der Waals surface area contributed by atoms with Gasteiger partial charge in [0.05, 0.1) is 17.2 Å². The molecule has 22 heavy (non-hydrogen) atoms. The van der Waals surface area contributed by atoms with Gasteiger partial charge in [-0.2, -0.15) is 0 Å². The molecular weight excluding hydrogens is 283 g/mol. The molecule has 2 unspecified atom stereocenters. The predicted molar refractivity (Wildman–Crippen MR) is 82.0 cm³/mol. The van der Waals surface area contributed by atoms with Gasteiger partial charge in [-0.15, -0.1) is 0 Å². The maximum atomic E-state index is 13.8. The molecule has 0 saturated carbocycles. The number of rotatable bonds is 2. The van der Waals surface area contributed by atoms with E-state index in [1.165, 1.54) is 12.1 Å². The Hall–Kier alpha value is -2.01. The summed E-state index contributed by atoms with van der Waals surface area (Å²) in [6.07, 6.45) is 2.91. The highest BCUT2D eigenvalue weighted by molar-refractivity contribution is 6.05. The largest absolute Gasteiger partial charge is 0.393 e. The van der Waals surface area contributed by atoms with Crippen LogP contribution in [0.4, 0.5) is 4.39 Å². The molecule has 1 aliphatic heterocycles. The van der Waals surface area contributed by atoms with E-state index in [-0.39, 0.29) is 11.8 Å². The highest BCUT2D eigenvalue weighted by Gasteiger charge is 2.28. The summed E-state index contributed by atoms with van der Waals surface area (Å²) in [5.74, 6) is -0.577. The minimum Gasteiger partial charge on any atom is -0.393 e. The summed E-state index contributed by atoms with van der Waals surface area (Å²) in [4.78, 5) is 18.7. The number of halogens is 1. The molecule has 1 N–H and O–H groups in total. The molecule has 116 valence electrons. The monoisotopic (exact) mass is 302 g/mol.